The number of rotatable bonds is 4. The highest BCUT2D eigenvalue weighted by Crippen LogP contribution is 2.19. The molecule has 0 spiro atoms. The number of nitrogens with two attached hydrogens (primary N) is 1. The summed E-state index contributed by atoms with van der Waals surface area (Å²) in [5.41, 5.74) is 5.87. The van der Waals surface area contributed by atoms with Gasteiger partial charge in [-0.25, -0.2) is 4.79 Å². The van der Waals surface area contributed by atoms with Gasteiger partial charge in [-0.1, -0.05) is 20.3 Å². The molecule has 0 aliphatic carbocycles. The summed E-state index contributed by atoms with van der Waals surface area (Å²) in [6.45, 7) is 4.36. The first kappa shape index (κ1) is 14.3. The Bertz CT molecular complexity index is 298. The van der Waals surface area contributed by atoms with Crippen molar-refractivity contribution in [2.75, 3.05) is 18.1 Å². The molecule has 0 aromatic rings. The van der Waals surface area contributed by atoms with E-state index in [1.54, 1.807) is 11.8 Å². The molecule has 1 heterocycles. The fourth-order valence-electron chi connectivity index (χ4n) is 1.76. The number of amides is 1. The second kappa shape index (κ2) is 6.26. The van der Waals surface area contributed by atoms with Crippen LogP contribution in [-0.4, -0.2) is 52.0 Å². The highest BCUT2D eigenvalue weighted by atomic mass is 32.2. The molecule has 1 aliphatic heterocycles. The first-order valence-electron chi connectivity index (χ1n) is 5.85. The maximum absolute atomic E-state index is 12.1. The summed E-state index contributed by atoms with van der Waals surface area (Å²) in [6.07, 6.45) is 0.813. The topological polar surface area (TPSA) is 83.6 Å². The van der Waals surface area contributed by atoms with E-state index < -0.39 is 18.1 Å². The predicted octanol–water partition coefficient (Wildman–Crippen LogP) is 0.388. The molecule has 0 bridgehead atoms. The Morgan fingerprint density at radius 3 is 2.76 bits per heavy atom. The van der Waals surface area contributed by atoms with Crippen molar-refractivity contribution in [3.63, 3.8) is 0 Å². The summed E-state index contributed by atoms with van der Waals surface area (Å²) in [7, 11) is 0. The molecule has 3 N–H and O–H groups in total. The molecule has 17 heavy (non-hydrogen) atoms. The van der Waals surface area contributed by atoms with Gasteiger partial charge >= 0.3 is 5.97 Å². The molecule has 1 fully saturated rings. The van der Waals surface area contributed by atoms with Gasteiger partial charge in [-0.3, -0.25) is 4.79 Å². The SMILES string of the molecule is CC[C@H](C)[C@H](N)C(=O)N1CCSCC1C(=O)O. The molecule has 0 saturated carbocycles. The number of carboxylic acid groups (broad SMARTS) is 1. The van der Waals surface area contributed by atoms with Gasteiger partial charge in [0.05, 0.1) is 6.04 Å². The summed E-state index contributed by atoms with van der Waals surface area (Å²) in [6, 6.07) is -1.32. The summed E-state index contributed by atoms with van der Waals surface area (Å²) in [4.78, 5) is 24.7. The molecular formula is C11H20N2O3S. The van der Waals surface area contributed by atoms with Crippen LogP contribution in [0.25, 0.3) is 0 Å². The van der Waals surface area contributed by atoms with Crippen LogP contribution in [0.15, 0.2) is 0 Å². The molecule has 1 aliphatic rings. The molecule has 3 atom stereocenters. The highest BCUT2D eigenvalue weighted by molar-refractivity contribution is 7.99. The van der Waals surface area contributed by atoms with Gasteiger partial charge in [-0.05, 0) is 5.92 Å². The van der Waals surface area contributed by atoms with E-state index in [1.165, 1.54) is 4.90 Å². The van der Waals surface area contributed by atoms with Crippen molar-refractivity contribution < 1.29 is 14.7 Å². The van der Waals surface area contributed by atoms with Gasteiger partial charge in [0.15, 0.2) is 0 Å². The smallest absolute Gasteiger partial charge is 0.327 e. The Labute approximate surface area is 106 Å². The van der Waals surface area contributed by atoms with Gasteiger partial charge in [-0.2, -0.15) is 11.8 Å². The number of carbonyl (C=O) groups excluding carboxylic acids is 1. The fourth-order valence-corrected chi connectivity index (χ4v) is 2.80. The molecule has 1 saturated heterocycles. The van der Waals surface area contributed by atoms with E-state index in [9.17, 15) is 9.59 Å². The lowest BCUT2D eigenvalue weighted by Crippen LogP contribution is -2.56. The Kier molecular flexibility index (Phi) is 5.27. The van der Waals surface area contributed by atoms with Gasteiger partial charge < -0.3 is 15.7 Å². The fraction of sp³-hybridized carbons (Fsp3) is 0.818. The van der Waals surface area contributed by atoms with E-state index in [4.69, 9.17) is 10.8 Å². The van der Waals surface area contributed by atoms with Crippen molar-refractivity contribution in [3.05, 3.63) is 0 Å². The molecule has 0 radical (unpaired) electrons. The van der Waals surface area contributed by atoms with E-state index in [0.717, 1.165) is 12.2 Å². The maximum atomic E-state index is 12.1. The van der Waals surface area contributed by atoms with Gasteiger partial charge in [0.1, 0.15) is 6.04 Å². The largest absolute Gasteiger partial charge is 0.480 e. The molecule has 1 amide bonds. The number of nitrogens with zero attached hydrogens (tertiary/aromatic N) is 1. The minimum Gasteiger partial charge on any atom is -0.480 e. The van der Waals surface area contributed by atoms with Crippen molar-refractivity contribution in [1.82, 2.24) is 4.90 Å². The molecule has 0 aromatic heterocycles. The lowest BCUT2D eigenvalue weighted by atomic mass is 9.98. The van der Waals surface area contributed by atoms with Gasteiger partial charge in [-0.15, -0.1) is 0 Å². The molecule has 1 unspecified atom stereocenters. The number of hydrogen-bond acceptors (Lipinski definition) is 4. The van der Waals surface area contributed by atoms with Gasteiger partial charge in [0.25, 0.3) is 0 Å². The minimum atomic E-state index is -0.943. The molecular weight excluding hydrogens is 240 g/mol. The van der Waals surface area contributed by atoms with Crippen LogP contribution in [0.1, 0.15) is 20.3 Å². The number of carbonyl (C=O) groups is 2. The van der Waals surface area contributed by atoms with Crippen molar-refractivity contribution >= 4 is 23.6 Å². The second-order valence-corrected chi connectivity index (χ2v) is 5.52. The summed E-state index contributed by atoms with van der Waals surface area (Å²) in [5.74, 6) is 0.136. The predicted molar refractivity (Wildman–Crippen MR) is 67.9 cm³/mol. The highest BCUT2D eigenvalue weighted by Gasteiger charge is 2.35. The van der Waals surface area contributed by atoms with E-state index in [1.807, 2.05) is 13.8 Å². The average molecular weight is 260 g/mol. The Hall–Kier alpha value is -0.750. The van der Waals surface area contributed by atoms with Crippen molar-refractivity contribution in [3.8, 4) is 0 Å². The zero-order valence-corrected chi connectivity index (χ0v) is 11.1. The first-order valence-corrected chi connectivity index (χ1v) is 7.01. The normalized spacial score (nSPS) is 24.2. The summed E-state index contributed by atoms with van der Waals surface area (Å²) in [5, 5.41) is 9.09. The zero-order valence-electron chi connectivity index (χ0n) is 10.3. The lowest BCUT2D eigenvalue weighted by Gasteiger charge is -2.35. The number of carboxylic acids is 1. The van der Waals surface area contributed by atoms with Gasteiger partial charge in [0, 0.05) is 18.1 Å². The number of hydrogen-bond donors (Lipinski definition) is 2. The maximum Gasteiger partial charge on any atom is 0.327 e. The van der Waals surface area contributed by atoms with Crippen LogP contribution in [0.4, 0.5) is 0 Å². The molecule has 0 aromatic carbocycles. The van der Waals surface area contributed by atoms with Crippen molar-refractivity contribution in [1.29, 1.82) is 0 Å². The van der Waals surface area contributed by atoms with E-state index in [0.29, 0.717) is 12.3 Å². The number of thioether (sulfide) groups is 1. The van der Waals surface area contributed by atoms with Crippen LogP contribution >= 0.6 is 11.8 Å². The van der Waals surface area contributed by atoms with E-state index >= 15 is 0 Å². The summed E-state index contributed by atoms with van der Waals surface area (Å²) >= 11 is 1.56. The molecule has 98 valence electrons. The molecule has 1 rings (SSSR count). The van der Waals surface area contributed by atoms with Crippen molar-refractivity contribution in [2.45, 2.75) is 32.4 Å². The van der Waals surface area contributed by atoms with E-state index in [2.05, 4.69) is 0 Å². The Balaban J connectivity index is 2.74. The zero-order chi connectivity index (χ0) is 13.0. The van der Waals surface area contributed by atoms with Crippen LogP contribution in [0, 0.1) is 5.92 Å². The van der Waals surface area contributed by atoms with Crippen LogP contribution < -0.4 is 5.73 Å². The minimum absolute atomic E-state index is 0.0755. The van der Waals surface area contributed by atoms with Gasteiger partial charge in [0.2, 0.25) is 5.91 Å². The third-order valence-corrected chi connectivity index (χ3v) is 4.26. The van der Waals surface area contributed by atoms with Crippen LogP contribution in [0.2, 0.25) is 0 Å². The molecule has 6 heteroatoms. The second-order valence-electron chi connectivity index (χ2n) is 4.37. The van der Waals surface area contributed by atoms with E-state index in [-0.39, 0.29) is 11.8 Å². The third kappa shape index (κ3) is 3.35. The third-order valence-electron chi connectivity index (χ3n) is 3.24. The lowest BCUT2D eigenvalue weighted by molar-refractivity contribution is -0.150. The Morgan fingerprint density at radius 2 is 2.24 bits per heavy atom. The van der Waals surface area contributed by atoms with Crippen LogP contribution in [0.3, 0.4) is 0 Å². The number of aliphatic carboxylic acids is 1. The quantitative estimate of drug-likeness (QED) is 0.764. The monoisotopic (exact) mass is 260 g/mol. The summed E-state index contributed by atoms with van der Waals surface area (Å²) < 4.78 is 0. The Morgan fingerprint density at radius 1 is 1.59 bits per heavy atom. The van der Waals surface area contributed by atoms with Crippen molar-refractivity contribution in [2.24, 2.45) is 11.7 Å². The standard InChI is InChI=1S/C11H20N2O3S/c1-3-7(2)9(12)10(14)13-4-5-17-6-8(13)11(15)16/h7-9H,3-6,12H2,1-2H3,(H,15,16)/t7-,8?,9-/m0/s1. The first-order chi connectivity index (χ1) is 7.99. The van der Waals surface area contributed by atoms with Crippen LogP contribution in [0.5, 0.6) is 0 Å². The molecule has 5 nitrogen and oxygen atoms in total. The van der Waals surface area contributed by atoms with Crippen LogP contribution in [-0.2, 0) is 9.59 Å². The average Bonchev–Trinajstić information content (AvgIpc) is 2.35.